The molecule has 0 spiro atoms. The van der Waals surface area contributed by atoms with E-state index in [1.807, 2.05) is 18.2 Å². The molecule has 2 aromatic rings. The van der Waals surface area contributed by atoms with Crippen molar-refractivity contribution in [2.45, 2.75) is 26.3 Å². The third-order valence-corrected chi connectivity index (χ3v) is 4.37. The third kappa shape index (κ3) is 5.75. The molecule has 2 rings (SSSR count). The number of amides is 2. The van der Waals surface area contributed by atoms with Crippen LogP contribution in [-0.2, 0) is 11.2 Å². The summed E-state index contributed by atoms with van der Waals surface area (Å²) in [5.41, 5.74) is 0.541. The molecule has 148 valence electrons. The summed E-state index contributed by atoms with van der Waals surface area (Å²) in [7, 11) is 0. The highest BCUT2D eigenvalue weighted by Gasteiger charge is 2.25. The van der Waals surface area contributed by atoms with Crippen molar-refractivity contribution in [3.05, 3.63) is 69.0 Å². The van der Waals surface area contributed by atoms with Gasteiger partial charge < -0.3 is 10.6 Å². The number of carbonyl (C=O) groups is 2. The highest BCUT2D eigenvalue weighted by molar-refractivity contribution is 6.32. The van der Waals surface area contributed by atoms with Crippen LogP contribution in [0.1, 0.15) is 29.9 Å². The van der Waals surface area contributed by atoms with E-state index in [2.05, 4.69) is 15.6 Å². The number of hydrogen-bond donors (Lipinski definition) is 2. The van der Waals surface area contributed by atoms with Crippen molar-refractivity contribution in [2.75, 3.05) is 6.54 Å². The fraction of sp³-hybridized carbons (Fsp3) is 0.316. The molecule has 0 saturated carbocycles. The van der Waals surface area contributed by atoms with E-state index in [0.717, 1.165) is 11.8 Å². The predicted molar refractivity (Wildman–Crippen MR) is 105 cm³/mol. The normalized spacial score (nSPS) is 11.7. The molecule has 2 amide bonds. The second-order valence-electron chi connectivity index (χ2n) is 6.48. The number of pyridine rings is 1. The highest BCUT2D eigenvalue weighted by Crippen LogP contribution is 2.25. The number of carbonyl (C=O) groups excluding carboxylic acids is 2. The van der Waals surface area contributed by atoms with Gasteiger partial charge in [0.1, 0.15) is 11.1 Å². The molecule has 0 fully saturated rings. The lowest BCUT2D eigenvalue weighted by Gasteiger charge is -2.21. The molecule has 1 aromatic heterocycles. The fourth-order valence-electron chi connectivity index (χ4n) is 2.52. The molecule has 28 heavy (non-hydrogen) atoms. The molecule has 1 atom stereocenters. The number of nitrogens with one attached hydrogen (secondary N) is 2. The second kappa shape index (κ2) is 9.80. The van der Waals surface area contributed by atoms with Crippen LogP contribution in [-0.4, -0.2) is 34.3 Å². The zero-order chi connectivity index (χ0) is 20.7. The number of hydrogen-bond acceptors (Lipinski definition) is 5. The van der Waals surface area contributed by atoms with Gasteiger partial charge in [-0.2, -0.15) is 0 Å². The fourth-order valence-corrected chi connectivity index (χ4v) is 2.71. The molecule has 1 heterocycles. The lowest BCUT2D eigenvalue weighted by Crippen LogP contribution is -2.50. The monoisotopic (exact) mass is 404 g/mol. The Balaban J connectivity index is 2.01. The van der Waals surface area contributed by atoms with E-state index in [1.54, 1.807) is 20.0 Å². The maximum atomic E-state index is 12.5. The van der Waals surface area contributed by atoms with Crippen molar-refractivity contribution in [3.63, 3.8) is 0 Å². The Kier molecular flexibility index (Phi) is 7.45. The smallest absolute Gasteiger partial charge is 0.288 e. The Labute approximate surface area is 167 Å². The minimum atomic E-state index is -0.786. The first-order valence-corrected chi connectivity index (χ1v) is 9.09. The van der Waals surface area contributed by atoms with Gasteiger partial charge in [0.2, 0.25) is 5.91 Å². The Bertz CT molecular complexity index is 858. The number of benzene rings is 1. The van der Waals surface area contributed by atoms with E-state index in [0.29, 0.717) is 13.0 Å². The number of nitro benzene ring substituents is 1. The van der Waals surface area contributed by atoms with Crippen LogP contribution >= 0.6 is 11.6 Å². The first-order valence-electron chi connectivity index (χ1n) is 8.72. The maximum absolute atomic E-state index is 12.5. The van der Waals surface area contributed by atoms with Crippen molar-refractivity contribution in [1.29, 1.82) is 0 Å². The number of halogens is 1. The standard InChI is InChI=1S/C19H21ClN4O4/c1-12(2)17(19(26)22-10-8-14-5-3-4-9-21-14)23-18(25)13-6-7-15(20)16(11-13)24(27)28/h3-7,9,11-12,17H,8,10H2,1-2H3,(H,22,26)(H,23,25)/t17-/m1/s1. The lowest BCUT2D eigenvalue weighted by molar-refractivity contribution is -0.384. The van der Waals surface area contributed by atoms with Crippen LogP contribution < -0.4 is 10.6 Å². The Morgan fingerprint density at radius 2 is 2.00 bits per heavy atom. The van der Waals surface area contributed by atoms with E-state index in [1.165, 1.54) is 12.1 Å². The molecule has 1 aromatic carbocycles. The lowest BCUT2D eigenvalue weighted by atomic mass is 10.0. The Hall–Kier alpha value is -3.00. The van der Waals surface area contributed by atoms with Crippen LogP contribution in [0.3, 0.4) is 0 Å². The van der Waals surface area contributed by atoms with E-state index in [4.69, 9.17) is 11.6 Å². The Morgan fingerprint density at radius 1 is 1.25 bits per heavy atom. The van der Waals surface area contributed by atoms with Gasteiger partial charge in [-0.15, -0.1) is 0 Å². The minimum absolute atomic E-state index is 0.0584. The van der Waals surface area contributed by atoms with Crippen LogP contribution in [0, 0.1) is 16.0 Å². The van der Waals surface area contributed by atoms with E-state index >= 15 is 0 Å². The van der Waals surface area contributed by atoms with Crippen LogP contribution in [0.15, 0.2) is 42.6 Å². The van der Waals surface area contributed by atoms with Gasteiger partial charge in [-0.05, 0) is 30.2 Å². The van der Waals surface area contributed by atoms with E-state index < -0.39 is 16.9 Å². The predicted octanol–water partition coefficient (Wildman–Crippen LogP) is 2.76. The van der Waals surface area contributed by atoms with Gasteiger partial charge in [-0.25, -0.2) is 0 Å². The summed E-state index contributed by atoms with van der Waals surface area (Å²) < 4.78 is 0. The maximum Gasteiger partial charge on any atom is 0.288 e. The van der Waals surface area contributed by atoms with Crippen molar-refractivity contribution >= 4 is 29.1 Å². The quantitative estimate of drug-likeness (QED) is 0.518. The summed E-state index contributed by atoms with van der Waals surface area (Å²) in [6, 6.07) is 8.51. The summed E-state index contributed by atoms with van der Waals surface area (Å²) in [5, 5.41) is 16.3. The second-order valence-corrected chi connectivity index (χ2v) is 6.89. The first-order chi connectivity index (χ1) is 13.3. The van der Waals surface area contributed by atoms with Crippen molar-refractivity contribution in [3.8, 4) is 0 Å². The molecular weight excluding hydrogens is 384 g/mol. The highest BCUT2D eigenvalue weighted by atomic mass is 35.5. The van der Waals surface area contributed by atoms with Crippen molar-refractivity contribution in [2.24, 2.45) is 5.92 Å². The average molecular weight is 405 g/mol. The summed E-state index contributed by atoms with van der Waals surface area (Å²) in [6.07, 6.45) is 2.24. The number of nitrogens with zero attached hydrogens (tertiary/aromatic N) is 2. The molecule has 0 aliphatic heterocycles. The minimum Gasteiger partial charge on any atom is -0.354 e. The van der Waals surface area contributed by atoms with Gasteiger partial charge in [-0.1, -0.05) is 31.5 Å². The molecule has 0 aliphatic rings. The molecule has 0 saturated heterocycles. The van der Waals surface area contributed by atoms with Gasteiger partial charge >= 0.3 is 0 Å². The van der Waals surface area contributed by atoms with Crippen molar-refractivity contribution < 1.29 is 14.5 Å². The molecule has 8 nitrogen and oxygen atoms in total. The van der Waals surface area contributed by atoms with E-state index in [9.17, 15) is 19.7 Å². The molecule has 0 aliphatic carbocycles. The van der Waals surface area contributed by atoms with Crippen LogP contribution in [0.5, 0.6) is 0 Å². The molecule has 0 unspecified atom stereocenters. The van der Waals surface area contributed by atoms with E-state index in [-0.39, 0.29) is 28.1 Å². The largest absolute Gasteiger partial charge is 0.354 e. The van der Waals surface area contributed by atoms with Gasteiger partial charge in [0.15, 0.2) is 0 Å². The number of aromatic nitrogens is 1. The van der Waals surface area contributed by atoms with Gasteiger partial charge in [0.25, 0.3) is 11.6 Å². The SMILES string of the molecule is CC(C)[C@@H](NC(=O)c1ccc(Cl)c([N+](=O)[O-])c1)C(=O)NCCc1ccccn1. The molecule has 0 bridgehead atoms. The summed E-state index contributed by atoms with van der Waals surface area (Å²) in [5.74, 6) is -1.10. The third-order valence-electron chi connectivity index (χ3n) is 4.05. The van der Waals surface area contributed by atoms with Crippen molar-refractivity contribution in [1.82, 2.24) is 15.6 Å². The van der Waals surface area contributed by atoms with Gasteiger partial charge in [-0.3, -0.25) is 24.7 Å². The van der Waals surface area contributed by atoms with Crippen LogP contribution in [0.25, 0.3) is 0 Å². The molecule has 0 radical (unpaired) electrons. The zero-order valence-corrected chi connectivity index (χ0v) is 16.3. The zero-order valence-electron chi connectivity index (χ0n) is 15.5. The average Bonchev–Trinajstić information content (AvgIpc) is 2.66. The summed E-state index contributed by atoms with van der Waals surface area (Å²) >= 11 is 5.77. The molecular formula is C19H21ClN4O4. The van der Waals surface area contributed by atoms with Crippen LogP contribution in [0.2, 0.25) is 5.02 Å². The topological polar surface area (TPSA) is 114 Å². The molecule has 2 N–H and O–H groups in total. The Morgan fingerprint density at radius 3 is 2.61 bits per heavy atom. The summed E-state index contributed by atoms with van der Waals surface area (Å²) in [6.45, 7) is 3.97. The van der Waals surface area contributed by atoms with Crippen LogP contribution in [0.4, 0.5) is 5.69 Å². The summed E-state index contributed by atoms with van der Waals surface area (Å²) in [4.78, 5) is 39.5. The molecule has 9 heteroatoms. The number of rotatable bonds is 8. The first kappa shape index (κ1) is 21.3. The number of nitro groups is 1. The van der Waals surface area contributed by atoms with Gasteiger partial charge in [0.05, 0.1) is 4.92 Å². The van der Waals surface area contributed by atoms with Gasteiger partial charge in [0, 0.05) is 36.5 Å².